The van der Waals surface area contributed by atoms with E-state index in [2.05, 4.69) is 10.6 Å². The van der Waals surface area contributed by atoms with Crippen LogP contribution < -0.4 is 10.6 Å². The number of amides is 1. The third kappa shape index (κ3) is 5.00. The summed E-state index contributed by atoms with van der Waals surface area (Å²) in [6, 6.07) is 18.9. The first-order valence-electron chi connectivity index (χ1n) is 8.04. The summed E-state index contributed by atoms with van der Waals surface area (Å²) < 4.78 is 26.5. The number of alkyl halides is 2. The number of carbonyl (C=O) groups is 1. The Kier molecular flexibility index (Phi) is 6.51. The molecule has 0 saturated carbocycles. The lowest BCUT2D eigenvalue weighted by molar-refractivity contribution is -0.123. The van der Waals surface area contributed by atoms with Gasteiger partial charge >= 0.3 is 0 Å². The summed E-state index contributed by atoms with van der Waals surface area (Å²) in [6.45, 7) is -0.0670. The molecule has 1 fully saturated rings. The van der Waals surface area contributed by atoms with Crippen LogP contribution in [0, 0.1) is 0 Å². The molecule has 3 rings (SSSR count). The van der Waals surface area contributed by atoms with Gasteiger partial charge in [-0.15, -0.1) is 12.4 Å². The number of carbonyl (C=O) groups excluding carboxylic acids is 1. The first-order valence-corrected chi connectivity index (χ1v) is 8.04. The Labute approximate surface area is 152 Å². The number of hydrogen-bond acceptors (Lipinski definition) is 2. The van der Waals surface area contributed by atoms with Crippen LogP contribution in [0.3, 0.4) is 0 Å². The normalized spacial score (nSPS) is 18.6. The van der Waals surface area contributed by atoms with Crippen LogP contribution in [0.5, 0.6) is 0 Å². The molecule has 1 aliphatic heterocycles. The Morgan fingerprint density at radius 3 is 2.04 bits per heavy atom. The van der Waals surface area contributed by atoms with Crippen LogP contribution in [0.2, 0.25) is 0 Å². The van der Waals surface area contributed by atoms with Crippen LogP contribution >= 0.6 is 12.4 Å². The fraction of sp³-hybridized carbons (Fsp3) is 0.316. The standard InChI is InChI=1S/C19H20F2N2O.ClH/c20-19(21)11-17(23-13-19)18(24)22-12-16(14-7-3-1-4-8-14)15-9-5-2-6-10-15;/h1-10,16-17,23H,11-13H2,(H,22,24);1H. The van der Waals surface area contributed by atoms with Crippen molar-refractivity contribution in [1.82, 2.24) is 10.6 Å². The molecule has 134 valence electrons. The maximum atomic E-state index is 13.2. The molecule has 2 N–H and O–H groups in total. The van der Waals surface area contributed by atoms with E-state index in [4.69, 9.17) is 0 Å². The van der Waals surface area contributed by atoms with Crippen LogP contribution in [-0.4, -0.2) is 31.0 Å². The van der Waals surface area contributed by atoms with Gasteiger partial charge in [0.05, 0.1) is 12.6 Å². The summed E-state index contributed by atoms with van der Waals surface area (Å²) in [7, 11) is 0. The number of benzene rings is 2. The van der Waals surface area contributed by atoms with Gasteiger partial charge in [-0.25, -0.2) is 8.78 Å². The van der Waals surface area contributed by atoms with E-state index in [0.717, 1.165) is 11.1 Å². The van der Waals surface area contributed by atoms with Gasteiger partial charge in [-0.05, 0) is 11.1 Å². The minimum atomic E-state index is -2.81. The second kappa shape index (κ2) is 8.41. The molecule has 0 aliphatic carbocycles. The number of hydrogen-bond donors (Lipinski definition) is 2. The minimum Gasteiger partial charge on any atom is -0.354 e. The third-order valence-electron chi connectivity index (χ3n) is 4.31. The van der Waals surface area contributed by atoms with Gasteiger partial charge in [0.15, 0.2) is 0 Å². The third-order valence-corrected chi connectivity index (χ3v) is 4.31. The van der Waals surface area contributed by atoms with Crippen LogP contribution in [0.15, 0.2) is 60.7 Å². The van der Waals surface area contributed by atoms with E-state index in [9.17, 15) is 13.6 Å². The average Bonchev–Trinajstić information content (AvgIpc) is 2.97. The van der Waals surface area contributed by atoms with E-state index >= 15 is 0 Å². The molecule has 1 amide bonds. The highest BCUT2D eigenvalue weighted by Gasteiger charge is 2.42. The summed E-state index contributed by atoms with van der Waals surface area (Å²) in [4.78, 5) is 12.2. The van der Waals surface area contributed by atoms with E-state index in [-0.39, 0.29) is 24.2 Å². The van der Waals surface area contributed by atoms with E-state index in [0.29, 0.717) is 6.54 Å². The van der Waals surface area contributed by atoms with Crippen LogP contribution in [-0.2, 0) is 4.79 Å². The van der Waals surface area contributed by atoms with Crippen molar-refractivity contribution < 1.29 is 13.6 Å². The van der Waals surface area contributed by atoms with Crippen LogP contribution in [0.25, 0.3) is 0 Å². The average molecular weight is 367 g/mol. The lowest BCUT2D eigenvalue weighted by Crippen LogP contribution is -2.42. The number of nitrogens with one attached hydrogen (secondary N) is 2. The van der Waals surface area contributed by atoms with E-state index < -0.39 is 24.9 Å². The Balaban J connectivity index is 0.00000225. The van der Waals surface area contributed by atoms with Crippen molar-refractivity contribution in [3.05, 3.63) is 71.8 Å². The smallest absolute Gasteiger partial charge is 0.262 e. The monoisotopic (exact) mass is 366 g/mol. The van der Waals surface area contributed by atoms with Gasteiger partial charge in [-0.2, -0.15) is 0 Å². The zero-order valence-electron chi connectivity index (χ0n) is 13.6. The summed E-state index contributed by atoms with van der Waals surface area (Å²) in [5.41, 5.74) is 2.16. The highest BCUT2D eigenvalue weighted by molar-refractivity contribution is 5.85. The molecule has 2 aromatic rings. The number of rotatable bonds is 5. The molecule has 3 nitrogen and oxygen atoms in total. The van der Waals surface area contributed by atoms with Gasteiger partial charge in [-0.1, -0.05) is 60.7 Å². The fourth-order valence-electron chi connectivity index (χ4n) is 3.03. The number of halogens is 3. The zero-order chi connectivity index (χ0) is 17.0. The van der Waals surface area contributed by atoms with Gasteiger partial charge in [0.1, 0.15) is 0 Å². The van der Waals surface area contributed by atoms with Gasteiger partial charge in [-0.3, -0.25) is 10.1 Å². The molecule has 1 heterocycles. The lowest BCUT2D eigenvalue weighted by atomic mass is 9.91. The molecule has 0 radical (unpaired) electrons. The summed E-state index contributed by atoms with van der Waals surface area (Å²) in [6.07, 6.45) is -0.444. The second-order valence-corrected chi connectivity index (χ2v) is 6.11. The molecule has 2 aromatic carbocycles. The predicted octanol–water partition coefficient (Wildman–Crippen LogP) is 3.35. The molecular formula is C19H21ClF2N2O. The molecule has 1 atom stereocenters. The Hall–Kier alpha value is -1.98. The molecule has 1 aliphatic rings. The Bertz CT molecular complexity index is 643. The minimum absolute atomic E-state index is 0. The fourth-order valence-corrected chi connectivity index (χ4v) is 3.03. The second-order valence-electron chi connectivity index (χ2n) is 6.11. The van der Waals surface area contributed by atoms with Crippen molar-refractivity contribution in [2.24, 2.45) is 0 Å². The van der Waals surface area contributed by atoms with Crippen molar-refractivity contribution in [2.75, 3.05) is 13.1 Å². The van der Waals surface area contributed by atoms with E-state index in [1.54, 1.807) is 0 Å². The topological polar surface area (TPSA) is 41.1 Å². The van der Waals surface area contributed by atoms with Crippen molar-refractivity contribution in [1.29, 1.82) is 0 Å². The van der Waals surface area contributed by atoms with Crippen molar-refractivity contribution in [3.63, 3.8) is 0 Å². The summed E-state index contributed by atoms with van der Waals surface area (Å²) in [5, 5.41) is 5.41. The molecule has 1 unspecified atom stereocenters. The molecular weight excluding hydrogens is 346 g/mol. The van der Waals surface area contributed by atoms with Gasteiger partial charge in [0, 0.05) is 18.9 Å². The van der Waals surface area contributed by atoms with Crippen molar-refractivity contribution in [3.8, 4) is 0 Å². The molecule has 25 heavy (non-hydrogen) atoms. The largest absolute Gasteiger partial charge is 0.354 e. The predicted molar refractivity (Wildman–Crippen MR) is 96.3 cm³/mol. The van der Waals surface area contributed by atoms with E-state index in [1.165, 1.54) is 0 Å². The van der Waals surface area contributed by atoms with Crippen LogP contribution in [0.1, 0.15) is 23.5 Å². The van der Waals surface area contributed by atoms with Gasteiger partial charge in [0.2, 0.25) is 5.91 Å². The quantitative estimate of drug-likeness (QED) is 0.852. The van der Waals surface area contributed by atoms with Crippen molar-refractivity contribution >= 4 is 18.3 Å². The molecule has 6 heteroatoms. The highest BCUT2D eigenvalue weighted by Crippen LogP contribution is 2.26. The van der Waals surface area contributed by atoms with Crippen LogP contribution in [0.4, 0.5) is 8.78 Å². The molecule has 1 saturated heterocycles. The SMILES string of the molecule is Cl.O=C(NCC(c1ccccc1)c1ccccc1)C1CC(F)(F)CN1. The maximum Gasteiger partial charge on any atom is 0.262 e. The Morgan fingerprint density at radius 1 is 1.08 bits per heavy atom. The first kappa shape index (κ1) is 19.3. The Morgan fingerprint density at radius 2 is 1.60 bits per heavy atom. The van der Waals surface area contributed by atoms with Crippen molar-refractivity contribution in [2.45, 2.75) is 24.3 Å². The van der Waals surface area contributed by atoms with Gasteiger partial charge < -0.3 is 5.32 Å². The highest BCUT2D eigenvalue weighted by atomic mass is 35.5. The zero-order valence-corrected chi connectivity index (χ0v) is 14.4. The lowest BCUT2D eigenvalue weighted by Gasteiger charge is -2.20. The van der Waals surface area contributed by atoms with E-state index in [1.807, 2.05) is 60.7 Å². The van der Waals surface area contributed by atoms with Gasteiger partial charge in [0.25, 0.3) is 5.92 Å². The first-order chi connectivity index (χ1) is 11.6. The molecule has 0 bridgehead atoms. The maximum absolute atomic E-state index is 13.2. The molecule has 0 spiro atoms. The summed E-state index contributed by atoms with van der Waals surface area (Å²) >= 11 is 0. The molecule has 0 aromatic heterocycles. The summed E-state index contributed by atoms with van der Waals surface area (Å²) in [5.74, 6) is -3.19.